The Morgan fingerprint density at radius 3 is 2.71 bits per heavy atom. The molecule has 2 rings (SSSR count). The highest BCUT2D eigenvalue weighted by molar-refractivity contribution is 5.47. The summed E-state index contributed by atoms with van der Waals surface area (Å²) in [7, 11) is 0. The van der Waals surface area contributed by atoms with Gasteiger partial charge in [0.15, 0.2) is 0 Å². The van der Waals surface area contributed by atoms with E-state index in [1.807, 2.05) is 13.0 Å². The van der Waals surface area contributed by atoms with Crippen molar-refractivity contribution in [3.8, 4) is 5.75 Å². The Bertz CT molecular complexity index is 344. The lowest BCUT2D eigenvalue weighted by Crippen LogP contribution is -2.09. The highest BCUT2D eigenvalue weighted by Gasteiger charge is 2.17. The maximum absolute atomic E-state index is 10.0. The number of nitrogens with two attached hydrogens (primary N) is 1. The number of hydrogen-bond acceptors (Lipinski definition) is 2. The van der Waals surface area contributed by atoms with Crippen molar-refractivity contribution < 1.29 is 5.11 Å². The van der Waals surface area contributed by atoms with Crippen molar-refractivity contribution in [1.29, 1.82) is 0 Å². The number of fused-ring (bicyclic) bond motifs is 1. The Morgan fingerprint density at radius 2 is 2.00 bits per heavy atom. The number of hydrogen-bond donors (Lipinski definition) is 2. The van der Waals surface area contributed by atoms with Gasteiger partial charge in [-0.3, -0.25) is 0 Å². The van der Waals surface area contributed by atoms with E-state index in [9.17, 15) is 5.11 Å². The first-order chi connectivity index (χ1) is 6.70. The second-order valence-electron chi connectivity index (χ2n) is 4.14. The first kappa shape index (κ1) is 9.53. The summed E-state index contributed by atoms with van der Waals surface area (Å²) in [5, 5.41) is 10.0. The predicted octanol–water partition coefficient (Wildman–Crippen LogP) is 2.29. The van der Waals surface area contributed by atoms with E-state index in [1.54, 1.807) is 0 Å². The van der Waals surface area contributed by atoms with Crippen LogP contribution in [0.5, 0.6) is 5.75 Å². The molecule has 2 heteroatoms. The zero-order valence-corrected chi connectivity index (χ0v) is 8.59. The molecule has 1 aromatic rings. The molecule has 0 heterocycles. The SMILES string of the molecule is CC(N)c1ccc2c(c1O)CCCC2. The standard InChI is InChI=1S/C12H17NO/c1-8(13)10-7-6-9-4-2-3-5-11(9)12(10)14/h6-8,14H,2-5,13H2,1H3. The molecule has 0 radical (unpaired) electrons. The molecule has 14 heavy (non-hydrogen) atoms. The van der Waals surface area contributed by atoms with Gasteiger partial charge >= 0.3 is 0 Å². The van der Waals surface area contributed by atoms with Gasteiger partial charge in [0.1, 0.15) is 5.75 Å². The van der Waals surface area contributed by atoms with Gasteiger partial charge in [0, 0.05) is 11.6 Å². The van der Waals surface area contributed by atoms with Gasteiger partial charge in [-0.2, -0.15) is 0 Å². The Kier molecular flexibility index (Phi) is 2.46. The van der Waals surface area contributed by atoms with E-state index in [4.69, 9.17) is 5.73 Å². The smallest absolute Gasteiger partial charge is 0.123 e. The van der Waals surface area contributed by atoms with E-state index in [0.29, 0.717) is 5.75 Å². The summed E-state index contributed by atoms with van der Waals surface area (Å²) < 4.78 is 0. The van der Waals surface area contributed by atoms with Gasteiger partial charge in [0.05, 0.1) is 0 Å². The second-order valence-corrected chi connectivity index (χ2v) is 4.14. The lowest BCUT2D eigenvalue weighted by molar-refractivity contribution is 0.450. The van der Waals surface area contributed by atoms with Gasteiger partial charge in [0.25, 0.3) is 0 Å². The number of aryl methyl sites for hydroxylation is 1. The highest BCUT2D eigenvalue weighted by atomic mass is 16.3. The first-order valence-electron chi connectivity index (χ1n) is 5.29. The van der Waals surface area contributed by atoms with E-state index in [1.165, 1.54) is 18.4 Å². The first-order valence-corrected chi connectivity index (χ1v) is 5.29. The van der Waals surface area contributed by atoms with E-state index < -0.39 is 0 Å². The fraction of sp³-hybridized carbons (Fsp3) is 0.500. The third-order valence-corrected chi connectivity index (χ3v) is 3.02. The number of phenolic OH excluding ortho intramolecular Hbond substituents is 1. The van der Waals surface area contributed by atoms with Crippen LogP contribution in [-0.4, -0.2) is 5.11 Å². The number of aromatic hydroxyl groups is 1. The molecule has 0 fully saturated rings. The van der Waals surface area contributed by atoms with Crippen LogP contribution in [0, 0.1) is 0 Å². The van der Waals surface area contributed by atoms with Crippen LogP contribution < -0.4 is 5.73 Å². The normalized spacial score (nSPS) is 17.6. The van der Waals surface area contributed by atoms with Crippen LogP contribution in [0.25, 0.3) is 0 Å². The Hall–Kier alpha value is -1.02. The zero-order chi connectivity index (χ0) is 10.1. The summed E-state index contributed by atoms with van der Waals surface area (Å²) in [5.41, 5.74) is 9.10. The van der Waals surface area contributed by atoms with Crippen LogP contribution in [0.3, 0.4) is 0 Å². The molecule has 0 aliphatic heterocycles. The van der Waals surface area contributed by atoms with E-state index in [-0.39, 0.29) is 6.04 Å². The molecule has 1 unspecified atom stereocenters. The average Bonchev–Trinajstić information content (AvgIpc) is 2.18. The van der Waals surface area contributed by atoms with Crippen LogP contribution in [0.4, 0.5) is 0 Å². The number of rotatable bonds is 1. The largest absolute Gasteiger partial charge is 0.507 e. The van der Waals surface area contributed by atoms with Crippen LogP contribution in [0.1, 0.15) is 42.5 Å². The Balaban J connectivity index is 2.49. The van der Waals surface area contributed by atoms with Gasteiger partial charge < -0.3 is 10.8 Å². The van der Waals surface area contributed by atoms with Crippen molar-refractivity contribution in [3.63, 3.8) is 0 Å². The van der Waals surface area contributed by atoms with Crippen LogP contribution in [0.15, 0.2) is 12.1 Å². The fourth-order valence-electron chi connectivity index (χ4n) is 2.19. The third-order valence-electron chi connectivity index (χ3n) is 3.02. The van der Waals surface area contributed by atoms with Gasteiger partial charge in [-0.15, -0.1) is 0 Å². The van der Waals surface area contributed by atoms with Crippen molar-refractivity contribution in [2.75, 3.05) is 0 Å². The molecule has 0 spiro atoms. The molecule has 0 aromatic heterocycles. The average molecular weight is 191 g/mol. The quantitative estimate of drug-likeness (QED) is 0.715. The molecule has 3 N–H and O–H groups in total. The Morgan fingerprint density at radius 1 is 1.29 bits per heavy atom. The molecule has 1 aromatic carbocycles. The minimum Gasteiger partial charge on any atom is -0.507 e. The van der Waals surface area contributed by atoms with E-state index in [2.05, 4.69) is 6.07 Å². The minimum atomic E-state index is -0.0813. The van der Waals surface area contributed by atoms with Crippen molar-refractivity contribution in [2.45, 2.75) is 38.6 Å². The fourth-order valence-corrected chi connectivity index (χ4v) is 2.19. The van der Waals surface area contributed by atoms with E-state index >= 15 is 0 Å². The molecule has 76 valence electrons. The van der Waals surface area contributed by atoms with Crippen LogP contribution in [-0.2, 0) is 12.8 Å². The lowest BCUT2D eigenvalue weighted by Gasteiger charge is -2.20. The van der Waals surface area contributed by atoms with E-state index in [0.717, 1.165) is 24.0 Å². The maximum Gasteiger partial charge on any atom is 0.123 e. The number of phenols is 1. The molecule has 1 atom stereocenters. The van der Waals surface area contributed by atoms with Crippen molar-refractivity contribution in [1.82, 2.24) is 0 Å². The van der Waals surface area contributed by atoms with Crippen molar-refractivity contribution >= 4 is 0 Å². The molecular formula is C12H17NO. The minimum absolute atomic E-state index is 0.0813. The molecule has 2 nitrogen and oxygen atoms in total. The zero-order valence-electron chi connectivity index (χ0n) is 8.59. The molecule has 1 aliphatic rings. The predicted molar refractivity (Wildman–Crippen MR) is 57.4 cm³/mol. The van der Waals surface area contributed by atoms with Crippen molar-refractivity contribution in [2.24, 2.45) is 5.73 Å². The topological polar surface area (TPSA) is 46.2 Å². The van der Waals surface area contributed by atoms with Crippen LogP contribution >= 0.6 is 0 Å². The van der Waals surface area contributed by atoms with Gasteiger partial charge in [-0.1, -0.05) is 12.1 Å². The van der Waals surface area contributed by atoms with Crippen LogP contribution in [0.2, 0.25) is 0 Å². The second kappa shape index (κ2) is 3.62. The summed E-state index contributed by atoms with van der Waals surface area (Å²) >= 11 is 0. The summed E-state index contributed by atoms with van der Waals surface area (Å²) in [6.07, 6.45) is 4.52. The van der Waals surface area contributed by atoms with Crippen molar-refractivity contribution in [3.05, 3.63) is 28.8 Å². The number of benzene rings is 1. The summed E-state index contributed by atoms with van der Waals surface area (Å²) in [4.78, 5) is 0. The lowest BCUT2D eigenvalue weighted by atomic mass is 9.88. The molecule has 0 bridgehead atoms. The van der Waals surface area contributed by atoms with Gasteiger partial charge in [-0.25, -0.2) is 0 Å². The molecule has 0 amide bonds. The molecule has 0 saturated heterocycles. The molecule has 1 aliphatic carbocycles. The van der Waals surface area contributed by atoms with Gasteiger partial charge in [-0.05, 0) is 43.7 Å². The molecular weight excluding hydrogens is 174 g/mol. The van der Waals surface area contributed by atoms with Gasteiger partial charge in [0.2, 0.25) is 0 Å². The summed E-state index contributed by atoms with van der Waals surface area (Å²) in [5.74, 6) is 0.442. The third kappa shape index (κ3) is 1.50. The highest BCUT2D eigenvalue weighted by Crippen LogP contribution is 2.33. The monoisotopic (exact) mass is 191 g/mol. The Labute approximate surface area is 84.7 Å². The summed E-state index contributed by atoms with van der Waals surface area (Å²) in [6.45, 7) is 1.91. The maximum atomic E-state index is 10.0. The summed E-state index contributed by atoms with van der Waals surface area (Å²) in [6, 6.07) is 4.00. The molecule has 0 saturated carbocycles.